The number of carbonyl (C=O) groups excluding carboxylic acids is 2. The van der Waals surface area contributed by atoms with Crippen molar-refractivity contribution in [3.8, 4) is 5.69 Å². The van der Waals surface area contributed by atoms with Crippen molar-refractivity contribution in [3.05, 3.63) is 87.5 Å². The minimum Gasteiger partial charge on any atom is -0.452 e. The number of esters is 1. The van der Waals surface area contributed by atoms with Crippen molar-refractivity contribution >= 4 is 23.3 Å². The number of aryl methyl sites for hydroxylation is 2. The lowest BCUT2D eigenvalue weighted by molar-refractivity contribution is -0.384. The molecule has 1 aromatic heterocycles. The van der Waals surface area contributed by atoms with Gasteiger partial charge in [-0.2, -0.15) is 0 Å². The maximum Gasteiger partial charge on any atom is 0.338 e. The lowest BCUT2D eigenvalue weighted by Crippen LogP contribution is -2.21. The summed E-state index contributed by atoms with van der Waals surface area (Å²) in [5.74, 6) is -2.31. The van der Waals surface area contributed by atoms with Crippen LogP contribution in [0.4, 0.5) is 15.8 Å². The van der Waals surface area contributed by atoms with Crippen molar-refractivity contribution < 1.29 is 23.6 Å². The monoisotopic (exact) mass is 411 g/mol. The zero-order valence-electron chi connectivity index (χ0n) is 16.2. The molecule has 3 aromatic rings. The van der Waals surface area contributed by atoms with Gasteiger partial charge in [-0.3, -0.25) is 14.9 Å². The van der Waals surface area contributed by atoms with E-state index in [1.807, 2.05) is 30.5 Å². The highest BCUT2D eigenvalue weighted by atomic mass is 19.1. The number of halogens is 1. The van der Waals surface area contributed by atoms with Crippen molar-refractivity contribution in [2.75, 3.05) is 11.9 Å². The van der Waals surface area contributed by atoms with Crippen LogP contribution in [-0.2, 0) is 9.53 Å². The van der Waals surface area contributed by atoms with Gasteiger partial charge in [0.25, 0.3) is 11.6 Å². The number of anilines is 1. The molecule has 0 aliphatic carbocycles. The van der Waals surface area contributed by atoms with Gasteiger partial charge in [-0.15, -0.1) is 0 Å². The Kier molecular flexibility index (Phi) is 5.91. The summed E-state index contributed by atoms with van der Waals surface area (Å²) in [6.07, 6.45) is 0. The number of hydrogen-bond acceptors (Lipinski definition) is 5. The van der Waals surface area contributed by atoms with Crippen LogP contribution in [0.2, 0.25) is 0 Å². The van der Waals surface area contributed by atoms with Crippen LogP contribution in [0.3, 0.4) is 0 Å². The first kappa shape index (κ1) is 20.7. The quantitative estimate of drug-likeness (QED) is 0.376. The lowest BCUT2D eigenvalue weighted by Gasteiger charge is -2.10. The number of nitro benzene ring substituents is 1. The van der Waals surface area contributed by atoms with Gasteiger partial charge in [0.15, 0.2) is 6.61 Å². The van der Waals surface area contributed by atoms with Crippen molar-refractivity contribution in [3.63, 3.8) is 0 Å². The molecule has 0 aliphatic rings. The molecule has 154 valence electrons. The Morgan fingerprint density at radius 3 is 2.30 bits per heavy atom. The van der Waals surface area contributed by atoms with Crippen molar-refractivity contribution in [1.29, 1.82) is 0 Å². The fourth-order valence-corrected chi connectivity index (χ4v) is 2.98. The molecular weight excluding hydrogens is 393 g/mol. The summed E-state index contributed by atoms with van der Waals surface area (Å²) in [5, 5.41) is 13.2. The second-order valence-corrected chi connectivity index (χ2v) is 6.54. The summed E-state index contributed by atoms with van der Waals surface area (Å²) in [4.78, 5) is 34.3. The number of carbonyl (C=O) groups is 2. The average molecular weight is 411 g/mol. The normalized spacial score (nSPS) is 10.5. The SMILES string of the molecule is Cc1ccc(C)n1-c1ccc(C(=O)OCC(=O)Nc2ccc(F)cc2[N+](=O)[O-])cc1. The first-order chi connectivity index (χ1) is 14.3. The first-order valence-electron chi connectivity index (χ1n) is 8.92. The third-order valence-corrected chi connectivity index (χ3v) is 4.40. The van der Waals surface area contributed by atoms with E-state index < -0.39 is 34.9 Å². The van der Waals surface area contributed by atoms with Crippen molar-refractivity contribution in [2.45, 2.75) is 13.8 Å². The fraction of sp³-hybridized carbons (Fsp3) is 0.143. The van der Waals surface area contributed by atoms with Gasteiger partial charge in [0, 0.05) is 17.1 Å². The molecule has 9 heteroatoms. The highest BCUT2D eigenvalue weighted by Gasteiger charge is 2.18. The molecule has 0 saturated carbocycles. The minimum absolute atomic E-state index is 0.190. The van der Waals surface area contributed by atoms with E-state index in [0.717, 1.165) is 29.2 Å². The standard InChI is InChI=1S/C21H18FN3O5/c1-13-3-4-14(2)24(13)17-8-5-15(6-9-17)21(27)30-12-20(26)23-18-10-7-16(22)11-19(18)25(28)29/h3-11H,12H2,1-2H3,(H,23,26). The molecule has 0 bridgehead atoms. The fourth-order valence-electron chi connectivity index (χ4n) is 2.98. The lowest BCUT2D eigenvalue weighted by atomic mass is 10.2. The maximum atomic E-state index is 13.2. The van der Waals surface area contributed by atoms with Gasteiger partial charge in [0.2, 0.25) is 0 Å². The first-order valence-corrected chi connectivity index (χ1v) is 8.92. The smallest absolute Gasteiger partial charge is 0.338 e. The van der Waals surface area contributed by atoms with Gasteiger partial charge in [-0.1, -0.05) is 0 Å². The van der Waals surface area contributed by atoms with Gasteiger partial charge in [-0.05, 0) is 62.4 Å². The zero-order valence-corrected chi connectivity index (χ0v) is 16.2. The number of nitrogens with zero attached hydrogens (tertiary/aromatic N) is 2. The van der Waals surface area contributed by atoms with Crippen LogP contribution in [0, 0.1) is 29.8 Å². The summed E-state index contributed by atoms with van der Waals surface area (Å²) >= 11 is 0. The summed E-state index contributed by atoms with van der Waals surface area (Å²) < 4.78 is 20.1. The Labute approximate surface area is 171 Å². The molecule has 0 saturated heterocycles. The summed E-state index contributed by atoms with van der Waals surface area (Å²) in [5.41, 5.74) is 2.45. The molecular formula is C21H18FN3O5. The van der Waals surface area contributed by atoms with E-state index in [1.54, 1.807) is 24.3 Å². The number of rotatable bonds is 6. The number of amides is 1. The molecule has 1 amide bonds. The highest BCUT2D eigenvalue weighted by Crippen LogP contribution is 2.25. The topological polar surface area (TPSA) is 103 Å². The number of aromatic nitrogens is 1. The van der Waals surface area contributed by atoms with Crippen molar-refractivity contribution in [2.24, 2.45) is 0 Å². The largest absolute Gasteiger partial charge is 0.452 e. The second kappa shape index (κ2) is 8.56. The Bertz CT molecular complexity index is 1100. The van der Waals surface area contributed by atoms with Crippen LogP contribution < -0.4 is 5.32 Å². The predicted molar refractivity (Wildman–Crippen MR) is 107 cm³/mol. The van der Waals surface area contributed by atoms with Crippen LogP contribution in [-0.4, -0.2) is 28.0 Å². The third kappa shape index (κ3) is 4.52. The van der Waals surface area contributed by atoms with E-state index in [-0.39, 0.29) is 11.3 Å². The minimum atomic E-state index is -0.819. The molecule has 0 unspecified atom stereocenters. The number of benzene rings is 2. The van der Waals surface area contributed by atoms with E-state index in [0.29, 0.717) is 6.07 Å². The average Bonchev–Trinajstić information content (AvgIpc) is 3.05. The molecule has 0 atom stereocenters. The third-order valence-electron chi connectivity index (χ3n) is 4.40. The number of ether oxygens (including phenoxy) is 1. The van der Waals surface area contributed by atoms with Gasteiger partial charge >= 0.3 is 5.97 Å². The molecule has 0 aliphatic heterocycles. The molecule has 3 rings (SSSR count). The highest BCUT2D eigenvalue weighted by molar-refractivity contribution is 5.96. The molecule has 0 spiro atoms. The van der Waals surface area contributed by atoms with Gasteiger partial charge < -0.3 is 14.6 Å². The predicted octanol–water partition coefficient (Wildman–Crippen LogP) is 3.94. The number of nitro groups is 1. The van der Waals surface area contributed by atoms with Gasteiger partial charge in [0.05, 0.1) is 16.6 Å². The molecule has 1 N–H and O–H groups in total. The zero-order chi connectivity index (χ0) is 21.8. The Balaban J connectivity index is 1.62. The summed E-state index contributed by atoms with van der Waals surface area (Å²) in [7, 11) is 0. The molecule has 0 fully saturated rings. The Morgan fingerprint density at radius 2 is 1.70 bits per heavy atom. The van der Waals surface area contributed by atoms with Crippen LogP contribution in [0.25, 0.3) is 5.69 Å². The Morgan fingerprint density at radius 1 is 1.07 bits per heavy atom. The van der Waals surface area contributed by atoms with E-state index in [1.165, 1.54) is 0 Å². The second-order valence-electron chi connectivity index (χ2n) is 6.54. The van der Waals surface area contributed by atoms with E-state index in [9.17, 15) is 24.1 Å². The molecule has 2 aromatic carbocycles. The molecule has 30 heavy (non-hydrogen) atoms. The molecule has 8 nitrogen and oxygen atoms in total. The van der Waals surface area contributed by atoms with E-state index in [4.69, 9.17) is 4.74 Å². The van der Waals surface area contributed by atoms with Crippen LogP contribution >= 0.6 is 0 Å². The Hall–Kier alpha value is -4.01. The number of nitrogens with one attached hydrogen (secondary N) is 1. The van der Waals surface area contributed by atoms with Gasteiger partial charge in [-0.25, -0.2) is 9.18 Å². The van der Waals surface area contributed by atoms with Crippen LogP contribution in [0.1, 0.15) is 21.7 Å². The number of hydrogen-bond donors (Lipinski definition) is 1. The molecule has 1 heterocycles. The van der Waals surface area contributed by atoms with Gasteiger partial charge in [0.1, 0.15) is 11.5 Å². The van der Waals surface area contributed by atoms with E-state index >= 15 is 0 Å². The van der Waals surface area contributed by atoms with Crippen molar-refractivity contribution in [1.82, 2.24) is 4.57 Å². The van der Waals surface area contributed by atoms with Crippen LogP contribution in [0.15, 0.2) is 54.6 Å². The van der Waals surface area contributed by atoms with E-state index in [2.05, 4.69) is 5.32 Å². The molecule has 0 radical (unpaired) electrons. The summed E-state index contributed by atoms with van der Waals surface area (Å²) in [6, 6.07) is 13.4. The van der Waals surface area contributed by atoms with Crippen LogP contribution in [0.5, 0.6) is 0 Å². The maximum absolute atomic E-state index is 13.2. The summed E-state index contributed by atoms with van der Waals surface area (Å²) in [6.45, 7) is 3.30.